The van der Waals surface area contributed by atoms with E-state index in [1.165, 1.54) is 6.08 Å². The molecule has 0 aliphatic rings. The first-order chi connectivity index (χ1) is 5.75. The largest absolute Gasteiger partial charge is 0.507 e. The SMILES string of the molecule is OCC=Cc1c(O)cccc1Cl. The topological polar surface area (TPSA) is 40.5 Å². The zero-order chi connectivity index (χ0) is 8.97. The van der Waals surface area contributed by atoms with Gasteiger partial charge in [-0.15, -0.1) is 0 Å². The second kappa shape index (κ2) is 4.14. The van der Waals surface area contributed by atoms with E-state index in [1.807, 2.05) is 0 Å². The molecule has 0 spiro atoms. The number of hydrogen-bond acceptors (Lipinski definition) is 2. The van der Waals surface area contributed by atoms with Gasteiger partial charge in [-0.05, 0) is 12.1 Å². The van der Waals surface area contributed by atoms with E-state index in [1.54, 1.807) is 24.3 Å². The molecule has 0 unspecified atom stereocenters. The van der Waals surface area contributed by atoms with Crippen molar-refractivity contribution in [2.75, 3.05) is 6.61 Å². The monoisotopic (exact) mass is 184 g/mol. The third-order valence-electron chi connectivity index (χ3n) is 1.42. The van der Waals surface area contributed by atoms with E-state index in [4.69, 9.17) is 16.7 Å². The summed E-state index contributed by atoms with van der Waals surface area (Å²) in [5, 5.41) is 18.3. The number of phenolic OH excluding ortho intramolecular Hbond substituents is 1. The average molecular weight is 185 g/mol. The molecule has 0 saturated carbocycles. The first-order valence-electron chi connectivity index (χ1n) is 3.50. The van der Waals surface area contributed by atoms with Gasteiger partial charge in [-0.1, -0.05) is 29.8 Å². The molecule has 2 N–H and O–H groups in total. The summed E-state index contributed by atoms with van der Waals surface area (Å²) in [5.41, 5.74) is 0.535. The van der Waals surface area contributed by atoms with Crippen LogP contribution in [-0.4, -0.2) is 16.8 Å². The fourth-order valence-corrected chi connectivity index (χ4v) is 1.09. The van der Waals surface area contributed by atoms with Crippen molar-refractivity contribution >= 4 is 17.7 Å². The highest BCUT2D eigenvalue weighted by molar-refractivity contribution is 6.32. The average Bonchev–Trinajstić information content (AvgIpc) is 2.04. The van der Waals surface area contributed by atoms with Gasteiger partial charge in [0, 0.05) is 5.56 Å². The molecule has 0 amide bonds. The Labute approximate surface area is 75.7 Å². The minimum absolute atomic E-state index is 0.0648. The predicted molar refractivity (Wildman–Crippen MR) is 49.2 cm³/mol. The van der Waals surface area contributed by atoms with Crippen LogP contribution >= 0.6 is 11.6 Å². The molecule has 12 heavy (non-hydrogen) atoms. The van der Waals surface area contributed by atoms with Gasteiger partial charge in [0.1, 0.15) is 5.75 Å². The van der Waals surface area contributed by atoms with Crippen LogP contribution in [0.3, 0.4) is 0 Å². The molecular formula is C9H9ClO2. The fraction of sp³-hybridized carbons (Fsp3) is 0.111. The van der Waals surface area contributed by atoms with Gasteiger partial charge in [-0.25, -0.2) is 0 Å². The minimum atomic E-state index is -0.0648. The summed E-state index contributed by atoms with van der Waals surface area (Å²) in [6.45, 7) is -0.0648. The van der Waals surface area contributed by atoms with Gasteiger partial charge in [0.25, 0.3) is 0 Å². The highest BCUT2D eigenvalue weighted by Crippen LogP contribution is 2.26. The van der Waals surface area contributed by atoms with Crippen molar-refractivity contribution in [1.82, 2.24) is 0 Å². The number of rotatable bonds is 2. The molecule has 64 valence electrons. The van der Waals surface area contributed by atoms with Gasteiger partial charge >= 0.3 is 0 Å². The molecular weight excluding hydrogens is 176 g/mol. The lowest BCUT2D eigenvalue weighted by molar-refractivity contribution is 0.343. The molecule has 1 aromatic rings. The van der Waals surface area contributed by atoms with Gasteiger partial charge in [0.2, 0.25) is 0 Å². The number of aliphatic hydroxyl groups excluding tert-OH is 1. The third kappa shape index (κ3) is 2.00. The number of hydrogen-bond donors (Lipinski definition) is 2. The number of halogens is 1. The van der Waals surface area contributed by atoms with Crippen molar-refractivity contribution in [1.29, 1.82) is 0 Å². The van der Waals surface area contributed by atoms with Crippen LogP contribution in [-0.2, 0) is 0 Å². The maximum atomic E-state index is 9.30. The number of phenols is 1. The Morgan fingerprint density at radius 2 is 2.17 bits per heavy atom. The number of aromatic hydroxyl groups is 1. The zero-order valence-corrected chi connectivity index (χ0v) is 7.12. The summed E-state index contributed by atoms with van der Waals surface area (Å²) in [5.74, 6) is 0.118. The van der Waals surface area contributed by atoms with E-state index in [-0.39, 0.29) is 12.4 Å². The van der Waals surface area contributed by atoms with E-state index < -0.39 is 0 Å². The normalized spacial score (nSPS) is 10.8. The molecule has 0 radical (unpaired) electrons. The molecule has 2 nitrogen and oxygen atoms in total. The van der Waals surface area contributed by atoms with E-state index in [0.717, 1.165) is 0 Å². The fourth-order valence-electron chi connectivity index (χ4n) is 0.861. The molecule has 1 aromatic carbocycles. The van der Waals surface area contributed by atoms with Gasteiger partial charge in [0.05, 0.1) is 11.6 Å². The summed E-state index contributed by atoms with van der Waals surface area (Å²) in [7, 11) is 0. The highest BCUT2D eigenvalue weighted by Gasteiger charge is 2.00. The third-order valence-corrected chi connectivity index (χ3v) is 1.75. The van der Waals surface area contributed by atoms with Crippen molar-refractivity contribution in [3.8, 4) is 5.75 Å². The Kier molecular flexibility index (Phi) is 3.14. The van der Waals surface area contributed by atoms with E-state index in [0.29, 0.717) is 10.6 Å². The molecule has 3 heteroatoms. The van der Waals surface area contributed by atoms with Crippen molar-refractivity contribution < 1.29 is 10.2 Å². The Bertz CT molecular complexity index is 274. The Morgan fingerprint density at radius 3 is 2.75 bits per heavy atom. The molecule has 0 heterocycles. The van der Waals surface area contributed by atoms with Crippen LogP contribution in [0.15, 0.2) is 24.3 Å². The maximum absolute atomic E-state index is 9.30. The van der Waals surface area contributed by atoms with Crippen LogP contribution in [0.4, 0.5) is 0 Å². The molecule has 0 saturated heterocycles. The van der Waals surface area contributed by atoms with E-state index in [2.05, 4.69) is 0 Å². The number of aliphatic hydroxyl groups is 1. The molecule has 0 atom stereocenters. The second-order valence-electron chi connectivity index (χ2n) is 2.26. The van der Waals surface area contributed by atoms with Gasteiger partial charge in [-0.2, -0.15) is 0 Å². The molecule has 0 fully saturated rings. The summed E-state index contributed by atoms with van der Waals surface area (Å²) >= 11 is 5.77. The standard InChI is InChI=1S/C9H9ClO2/c10-8-4-1-5-9(12)7(8)3-2-6-11/h1-5,11-12H,6H2. The van der Waals surface area contributed by atoms with Crippen LogP contribution in [0.5, 0.6) is 5.75 Å². The summed E-state index contributed by atoms with van der Waals surface area (Å²) in [6.07, 6.45) is 3.10. The van der Waals surface area contributed by atoms with Crippen LogP contribution in [0.25, 0.3) is 6.08 Å². The summed E-state index contributed by atoms with van der Waals surface area (Å²) in [4.78, 5) is 0. The van der Waals surface area contributed by atoms with Crippen LogP contribution in [0, 0.1) is 0 Å². The lowest BCUT2D eigenvalue weighted by Gasteiger charge is -2.00. The maximum Gasteiger partial charge on any atom is 0.124 e. The summed E-state index contributed by atoms with van der Waals surface area (Å²) in [6, 6.07) is 4.88. The Hall–Kier alpha value is -0.990. The van der Waals surface area contributed by atoms with E-state index >= 15 is 0 Å². The highest BCUT2D eigenvalue weighted by atomic mass is 35.5. The second-order valence-corrected chi connectivity index (χ2v) is 2.66. The van der Waals surface area contributed by atoms with Crippen LogP contribution in [0.2, 0.25) is 5.02 Å². The van der Waals surface area contributed by atoms with Gasteiger partial charge in [0.15, 0.2) is 0 Å². The van der Waals surface area contributed by atoms with Crippen molar-refractivity contribution in [3.05, 3.63) is 34.9 Å². The molecule has 0 aliphatic heterocycles. The zero-order valence-electron chi connectivity index (χ0n) is 6.37. The van der Waals surface area contributed by atoms with Crippen molar-refractivity contribution in [3.63, 3.8) is 0 Å². The van der Waals surface area contributed by atoms with Crippen LogP contribution in [0.1, 0.15) is 5.56 Å². The van der Waals surface area contributed by atoms with E-state index in [9.17, 15) is 5.11 Å². The molecule has 0 aliphatic carbocycles. The smallest absolute Gasteiger partial charge is 0.124 e. The Balaban J connectivity index is 3.04. The first kappa shape index (κ1) is 9.10. The van der Waals surface area contributed by atoms with Crippen molar-refractivity contribution in [2.45, 2.75) is 0 Å². The predicted octanol–water partition coefficient (Wildman–Crippen LogP) is 2.05. The Morgan fingerprint density at radius 1 is 1.42 bits per heavy atom. The first-order valence-corrected chi connectivity index (χ1v) is 3.88. The van der Waals surface area contributed by atoms with Crippen LogP contribution < -0.4 is 0 Å². The molecule has 0 bridgehead atoms. The summed E-state index contributed by atoms with van der Waals surface area (Å²) < 4.78 is 0. The van der Waals surface area contributed by atoms with Crippen molar-refractivity contribution in [2.24, 2.45) is 0 Å². The molecule has 0 aromatic heterocycles. The molecule has 1 rings (SSSR count). The quantitative estimate of drug-likeness (QED) is 0.739. The lowest BCUT2D eigenvalue weighted by atomic mass is 10.2. The minimum Gasteiger partial charge on any atom is -0.507 e. The lowest BCUT2D eigenvalue weighted by Crippen LogP contribution is -1.78. The van der Waals surface area contributed by atoms with Gasteiger partial charge < -0.3 is 10.2 Å². The van der Waals surface area contributed by atoms with Gasteiger partial charge in [-0.3, -0.25) is 0 Å². The number of benzene rings is 1.